The molecule has 0 heterocycles. The SMILES string of the molecule is CC(C)CC(=O)O.CCC(CC(O)C(C)NC(=O)C(CC(=O)O)NCCC(C)(C)c1ccc(OC)c(O)c1)c1ccccc1.CCC(CC(O)C(C)NC)c1ccccc1.Cc1cc(C(C)(C)CCN)ccc1O. The molecule has 0 aromatic heterocycles. The Labute approximate surface area is 443 Å². The summed E-state index contributed by atoms with van der Waals surface area (Å²) in [6.07, 6.45) is 3.62. The van der Waals surface area contributed by atoms with E-state index in [1.165, 1.54) is 18.2 Å². The van der Waals surface area contributed by atoms with Gasteiger partial charge in [0.25, 0.3) is 0 Å². The summed E-state index contributed by atoms with van der Waals surface area (Å²) < 4.78 is 5.11. The van der Waals surface area contributed by atoms with E-state index in [4.69, 9.17) is 15.6 Å². The van der Waals surface area contributed by atoms with Crippen molar-refractivity contribution in [2.45, 2.75) is 181 Å². The summed E-state index contributed by atoms with van der Waals surface area (Å²) in [5, 5.41) is 66.8. The number of benzene rings is 4. The van der Waals surface area contributed by atoms with Crippen molar-refractivity contribution < 1.29 is 49.8 Å². The first-order chi connectivity index (χ1) is 34.8. The number of aryl methyl sites for hydroxylation is 1. The van der Waals surface area contributed by atoms with E-state index >= 15 is 0 Å². The van der Waals surface area contributed by atoms with Gasteiger partial charge in [0.05, 0.1) is 37.8 Å². The van der Waals surface area contributed by atoms with Gasteiger partial charge in [0, 0.05) is 12.5 Å². The van der Waals surface area contributed by atoms with Gasteiger partial charge in [-0.15, -0.1) is 0 Å². The first-order valence-electron chi connectivity index (χ1n) is 26.2. The summed E-state index contributed by atoms with van der Waals surface area (Å²) in [4.78, 5) is 34.2. The molecular weight excluding hydrogens is 937 g/mol. The van der Waals surface area contributed by atoms with Crippen LogP contribution in [0, 0.1) is 12.8 Å². The number of carboxylic acid groups (broad SMARTS) is 2. The fourth-order valence-corrected chi connectivity index (χ4v) is 8.31. The number of rotatable bonds is 26. The number of carboxylic acids is 2. The molecule has 1 amide bonds. The second-order valence-electron chi connectivity index (χ2n) is 21.1. The lowest BCUT2D eigenvalue weighted by Gasteiger charge is -2.28. The van der Waals surface area contributed by atoms with Crippen molar-refractivity contribution in [2.24, 2.45) is 11.7 Å². The van der Waals surface area contributed by atoms with Gasteiger partial charge in [-0.3, -0.25) is 14.4 Å². The van der Waals surface area contributed by atoms with Gasteiger partial charge in [0.1, 0.15) is 5.75 Å². The van der Waals surface area contributed by atoms with Crippen LogP contribution < -0.4 is 26.4 Å². The molecule has 7 atom stereocenters. The van der Waals surface area contributed by atoms with Crippen molar-refractivity contribution in [1.82, 2.24) is 16.0 Å². The van der Waals surface area contributed by atoms with Crippen LogP contribution in [0.2, 0.25) is 0 Å². The quantitative estimate of drug-likeness (QED) is 0.0282. The lowest BCUT2D eigenvalue weighted by Crippen LogP contribution is -2.51. The summed E-state index contributed by atoms with van der Waals surface area (Å²) in [5.74, 6) is -0.577. The van der Waals surface area contributed by atoms with E-state index in [2.05, 4.69) is 67.9 Å². The minimum absolute atomic E-state index is 0.0503. The van der Waals surface area contributed by atoms with Gasteiger partial charge in [-0.05, 0) is 154 Å². The van der Waals surface area contributed by atoms with Gasteiger partial charge in [0.15, 0.2) is 11.5 Å². The Morgan fingerprint density at radius 2 is 1.14 bits per heavy atom. The molecule has 4 rings (SSSR count). The number of phenolic OH excluding ortho intramolecular Hbond substituents is 2. The van der Waals surface area contributed by atoms with E-state index in [9.17, 15) is 39.9 Å². The fourth-order valence-electron chi connectivity index (χ4n) is 8.31. The van der Waals surface area contributed by atoms with E-state index < -0.39 is 36.0 Å². The van der Waals surface area contributed by atoms with E-state index in [1.54, 1.807) is 25.1 Å². The van der Waals surface area contributed by atoms with E-state index in [0.29, 0.717) is 43.3 Å². The van der Waals surface area contributed by atoms with Crippen molar-refractivity contribution in [3.05, 3.63) is 125 Å². The summed E-state index contributed by atoms with van der Waals surface area (Å²) >= 11 is 0. The molecule has 4 aromatic carbocycles. The molecule has 414 valence electrons. The summed E-state index contributed by atoms with van der Waals surface area (Å²) in [5.41, 5.74) is 10.8. The van der Waals surface area contributed by atoms with Crippen LogP contribution in [0.5, 0.6) is 17.2 Å². The molecule has 14 nitrogen and oxygen atoms in total. The number of aliphatic carboxylic acids is 2. The number of nitrogens with one attached hydrogen (secondary N) is 3. The van der Waals surface area contributed by atoms with Gasteiger partial charge >= 0.3 is 11.9 Å². The number of aliphatic hydroxyl groups is 2. The van der Waals surface area contributed by atoms with Crippen molar-refractivity contribution in [1.29, 1.82) is 0 Å². The maximum Gasteiger partial charge on any atom is 0.305 e. The molecule has 74 heavy (non-hydrogen) atoms. The highest BCUT2D eigenvalue weighted by Gasteiger charge is 2.28. The lowest BCUT2D eigenvalue weighted by molar-refractivity contribution is -0.140. The van der Waals surface area contributed by atoms with Gasteiger partial charge < -0.3 is 57.1 Å². The fraction of sp³-hybridized carbons (Fsp3) is 0.550. The van der Waals surface area contributed by atoms with Crippen LogP contribution in [0.3, 0.4) is 0 Å². The second-order valence-corrected chi connectivity index (χ2v) is 21.1. The van der Waals surface area contributed by atoms with Gasteiger partial charge in [-0.1, -0.05) is 134 Å². The zero-order valence-electron chi connectivity index (χ0n) is 46.8. The maximum absolute atomic E-state index is 13.0. The number of nitrogens with two attached hydrogens (primary N) is 1. The number of phenols is 2. The summed E-state index contributed by atoms with van der Waals surface area (Å²) in [6.45, 7) is 23.1. The number of carbonyl (C=O) groups excluding carboxylic acids is 1. The van der Waals surface area contributed by atoms with E-state index in [1.807, 2.05) is 103 Å². The monoisotopic (exact) mass is 1030 g/mol. The van der Waals surface area contributed by atoms with Crippen LogP contribution >= 0.6 is 0 Å². The smallest absolute Gasteiger partial charge is 0.305 e. The molecule has 0 aliphatic rings. The maximum atomic E-state index is 13.0. The number of ether oxygens (including phenoxy) is 1. The number of amides is 1. The number of carbonyl (C=O) groups is 3. The molecule has 14 heteroatoms. The molecule has 0 saturated carbocycles. The van der Waals surface area contributed by atoms with Crippen molar-refractivity contribution in [2.75, 3.05) is 27.2 Å². The predicted octanol–water partition coefficient (Wildman–Crippen LogP) is 9.93. The molecule has 0 spiro atoms. The Balaban J connectivity index is 0.000000602. The molecule has 11 N–H and O–H groups in total. The van der Waals surface area contributed by atoms with Crippen LogP contribution in [0.1, 0.15) is 160 Å². The summed E-state index contributed by atoms with van der Waals surface area (Å²) in [7, 11) is 3.38. The molecule has 0 saturated heterocycles. The third-order valence-electron chi connectivity index (χ3n) is 13.7. The van der Waals surface area contributed by atoms with Crippen LogP contribution in [0.25, 0.3) is 0 Å². The first-order valence-corrected chi connectivity index (χ1v) is 26.2. The average Bonchev–Trinajstić information content (AvgIpc) is 3.35. The Morgan fingerprint density at radius 3 is 1.54 bits per heavy atom. The van der Waals surface area contributed by atoms with E-state index in [0.717, 1.165) is 42.4 Å². The molecule has 4 aromatic rings. The van der Waals surface area contributed by atoms with Crippen LogP contribution in [0.15, 0.2) is 97.1 Å². The molecule has 0 radical (unpaired) electrons. The normalized spacial score (nSPS) is 14.2. The lowest BCUT2D eigenvalue weighted by atomic mass is 9.81. The zero-order valence-corrected chi connectivity index (χ0v) is 46.8. The minimum Gasteiger partial charge on any atom is -0.508 e. The standard InChI is InChI=1S/C29H42N2O6.C14H23NO.C12H19NO.C5H10O2/c1-6-20(21-10-8-7-9-11-21)16-24(32)19(2)31-28(36)23(18-27(34)35)30-15-14-29(3,4)22-12-13-26(37-5)25(33)17-22;1-4-12(10-14(16)11(2)15-3)13-8-6-5-7-9-13;1-9-8-10(4-5-11(9)14)12(2,3)6-7-13;1-4(2)3-5(6)7/h7-13,17,19-20,23-24,30,32-33H,6,14-16,18H2,1-5H3,(H,31,36)(H,34,35);5-9,11-12,14-16H,4,10H2,1-3H3;4-5,8,14H,6-7,13H2,1-3H3;4H,3H2,1-2H3,(H,6,7). The Bertz CT molecular complexity index is 2200. The van der Waals surface area contributed by atoms with Crippen molar-refractivity contribution >= 4 is 17.8 Å². The topological polar surface area (TPSA) is 244 Å². The molecule has 7 unspecified atom stereocenters. The van der Waals surface area contributed by atoms with Crippen LogP contribution in [-0.2, 0) is 25.2 Å². The Hall–Kier alpha value is -5.51. The molecule has 0 bridgehead atoms. The van der Waals surface area contributed by atoms with Crippen LogP contribution in [0.4, 0.5) is 0 Å². The Kier molecular flexibility index (Phi) is 30.7. The second kappa shape index (κ2) is 34.1. The number of hydrogen-bond donors (Lipinski definition) is 10. The van der Waals surface area contributed by atoms with E-state index in [-0.39, 0.29) is 53.4 Å². The van der Waals surface area contributed by atoms with Gasteiger partial charge in [-0.2, -0.15) is 0 Å². The largest absolute Gasteiger partial charge is 0.508 e. The average molecular weight is 1030 g/mol. The number of aliphatic hydroxyl groups excluding tert-OH is 2. The van der Waals surface area contributed by atoms with Crippen molar-refractivity contribution in [3.8, 4) is 17.2 Å². The molecular formula is C60H94N4O10. The molecule has 0 fully saturated rings. The third-order valence-corrected chi connectivity index (χ3v) is 13.7. The predicted molar refractivity (Wildman–Crippen MR) is 299 cm³/mol. The zero-order chi connectivity index (χ0) is 56.2. The summed E-state index contributed by atoms with van der Waals surface area (Å²) in [6, 6.07) is 30.1. The number of hydrogen-bond acceptors (Lipinski definition) is 11. The van der Waals surface area contributed by atoms with Crippen molar-refractivity contribution in [3.63, 3.8) is 0 Å². The number of aromatic hydroxyl groups is 2. The molecule has 0 aliphatic carbocycles. The highest BCUT2D eigenvalue weighted by atomic mass is 16.5. The highest BCUT2D eigenvalue weighted by Crippen LogP contribution is 2.34. The Morgan fingerprint density at radius 1 is 0.662 bits per heavy atom. The first kappa shape index (κ1) is 66.5. The minimum atomic E-state index is -1.09. The molecule has 0 aliphatic heterocycles. The number of methoxy groups -OCH3 is 1. The third kappa shape index (κ3) is 24.7. The number of likely N-dealkylation sites (N-methyl/N-ethyl adjacent to an activating group) is 1. The van der Waals surface area contributed by atoms with Gasteiger partial charge in [0.2, 0.25) is 5.91 Å². The van der Waals surface area contributed by atoms with Gasteiger partial charge in [-0.25, -0.2) is 0 Å². The highest BCUT2D eigenvalue weighted by molar-refractivity contribution is 5.86. The van der Waals surface area contributed by atoms with Crippen LogP contribution in [-0.4, -0.2) is 106 Å².